The molecule has 1 rings (SSSR count). The van der Waals surface area contributed by atoms with Crippen molar-refractivity contribution in [2.45, 2.75) is 25.0 Å². The van der Waals surface area contributed by atoms with Crippen molar-refractivity contribution < 1.29 is 13.2 Å². The molecule has 1 heterocycles. The molecule has 0 atom stereocenters. The largest absolute Gasteiger partial charge is 0.272 e. The molecule has 0 bridgehead atoms. The summed E-state index contributed by atoms with van der Waals surface area (Å²) < 4.78 is 22.6. The number of hydrogen-bond acceptors (Lipinski definition) is 3. The molecule has 76 valence electrons. The molecule has 1 aliphatic rings. The van der Waals surface area contributed by atoms with Gasteiger partial charge in [0.05, 0.1) is 0 Å². The Morgan fingerprint density at radius 1 is 1.46 bits per heavy atom. The summed E-state index contributed by atoms with van der Waals surface area (Å²) >= 11 is 5.41. The van der Waals surface area contributed by atoms with Crippen LogP contribution in [0.1, 0.15) is 20.3 Å². The highest BCUT2D eigenvalue weighted by molar-refractivity contribution is 7.94. The van der Waals surface area contributed by atoms with Crippen LogP contribution in [0, 0.1) is 0 Å². The summed E-state index contributed by atoms with van der Waals surface area (Å²) in [5.41, 5.74) is 0. The second-order valence-corrected chi connectivity index (χ2v) is 6.22. The monoisotopic (exact) mass is 225 g/mol. The van der Waals surface area contributed by atoms with Crippen LogP contribution >= 0.6 is 11.6 Å². The van der Waals surface area contributed by atoms with Gasteiger partial charge < -0.3 is 0 Å². The molecule has 0 aromatic rings. The van der Waals surface area contributed by atoms with Gasteiger partial charge in [-0.05, 0) is 20.3 Å². The average Bonchev–Trinajstić information content (AvgIpc) is 2.04. The number of sulfonamides is 1. The fraction of sp³-hybridized carbons (Fsp3) is 0.857. The van der Waals surface area contributed by atoms with E-state index in [1.165, 1.54) is 13.8 Å². The predicted molar refractivity (Wildman–Crippen MR) is 50.0 cm³/mol. The van der Waals surface area contributed by atoms with Gasteiger partial charge in [-0.25, -0.2) is 12.7 Å². The molecule has 4 nitrogen and oxygen atoms in total. The second kappa shape index (κ2) is 3.13. The highest BCUT2D eigenvalue weighted by Crippen LogP contribution is 2.34. The fourth-order valence-electron chi connectivity index (χ4n) is 1.18. The molecule has 1 fully saturated rings. The summed E-state index contributed by atoms with van der Waals surface area (Å²) in [7, 11) is -3.40. The van der Waals surface area contributed by atoms with E-state index in [-0.39, 0.29) is 12.5 Å². The molecule has 0 unspecified atom stereocenters. The number of carbonyl (C=O) groups is 1. The van der Waals surface area contributed by atoms with Gasteiger partial charge >= 0.3 is 0 Å². The smallest absolute Gasteiger partial charge is 0.258 e. The molecule has 0 saturated carbocycles. The van der Waals surface area contributed by atoms with Gasteiger partial charge in [0.1, 0.15) is 0 Å². The van der Waals surface area contributed by atoms with Crippen molar-refractivity contribution in [2.24, 2.45) is 0 Å². The minimum absolute atomic E-state index is 0.202. The number of alkyl halides is 1. The second-order valence-electron chi connectivity index (χ2n) is 3.44. The third kappa shape index (κ3) is 1.34. The first-order valence-electron chi connectivity index (χ1n) is 3.98. The van der Waals surface area contributed by atoms with Crippen LogP contribution in [0.2, 0.25) is 0 Å². The van der Waals surface area contributed by atoms with Crippen LogP contribution in [-0.4, -0.2) is 35.8 Å². The Kier molecular flexibility index (Phi) is 2.60. The van der Waals surface area contributed by atoms with E-state index in [1.807, 2.05) is 0 Å². The molecule has 1 amide bonds. The summed E-state index contributed by atoms with van der Waals surface area (Å²) in [6.45, 7) is 3.04. The number of nitrogens with zero attached hydrogens (tertiary/aromatic N) is 1. The maximum absolute atomic E-state index is 11.4. The van der Waals surface area contributed by atoms with Crippen molar-refractivity contribution >= 4 is 27.5 Å². The van der Waals surface area contributed by atoms with Crippen molar-refractivity contribution in [3.63, 3.8) is 0 Å². The molecule has 0 aromatic carbocycles. The zero-order chi connectivity index (χ0) is 10.3. The van der Waals surface area contributed by atoms with Gasteiger partial charge in [-0.2, -0.15) is 0 Å². The lowest BCUT2D eigenvalue weighted by Crippen LogP contribution is -2.67. The Morgan fingerprint density at radius 3 is 2.38 bits per heavy atom. The molecule has 0 spiro atoms. The van der Waals surface area contributed by atoms with Gasteiger partial charge in [0, 0.05) is 12.4 Å². The first-order valence-corrected chi connectivity index (χ1v) is 5.96. The molecule has 0 aromatic heterocycles. The predicted octanol–water partition coefficient (Wildman–Crippen LogP) is 0.566. The first kappa shape index (κ1) is 10.8. The summed E-state index contributed by atoms with van der Waals surface area (Å²) in [6, 6.07) is 0. The van der Waals surface area contributed by atoms with Gasteiger partial charge in [0.25, 0.3) is 15.9 Å². The van der Waals surface area contributed by atoms with E-state index in [0.717, 1.165) is 4.31 Å². The Labute approximate surface area is 82.9 Å². The van der Waals surface area contributed by atoms with E-state index in [0.29, 0.717) is 12.3 Å². The van der Waals surface area contributed by atoms with E-state index in [4.69, 9.17) is 11.6 Å². The van der Waals surface area contributed by atoms with Crippen molar-refractivity contribution in [3.05, 3.63) is 0 Å². The lowest BCUT2D eigenvalue weighted by atomic mass is 10.2. The summed E-state index contributed by atoms with van der Waals surface area (Å²) in [5, 5.41) is 0. The van der Waals surface area contributed by atoms with E-state index in [2.05, 4.69) is 0 Å². The van der Waals surface area contributed by atoms with E-state index in [9.17, 15) is 13.2 Å². The molecular formula is C7H12ClNO3S. The van der Waals surface area contributed by atoms with Crippen LogP contribution in [0.3, 0.4) is 0 Å². The van der Waals surface area contributed by atoms with E-state index < -0.39 is 14.8 Å². The third-order valence-electron chi connectivity index (χ3n) is 2.17. The lowest BCUT2D eigenvalue weighted by Gasteiger charge is -2.42. The molecule has 0 N–H and O–H groups in total. The maximum Gasteiger partial charge on any atom is 0.258 e. The number of carbonyl (C=O) groups excluding carboxylic acids is 1. The van der Waals surface area contributed by atoms with Gasteiger partial charge in [0.15, 0.2) is 4.75 Å². The van der Waals surface area contributed by atoms with E-state index >= 15 is 0 Å². The van der Waals surface area contributed by atoms with Crippen molar-refractivity contribution in [3.8, 4) is 0 Å². The van der Waals surface area contributed by atoms with E-state index in [1.54, 1.807) is 0 Å². The zero-order valence-corrected chi connectivity index (χ0v) is 9.15. The van der Waals surface area contributed by atoms with Crippen molar-refractivity contribution in [2.75, 3.05) is 12.4 Å². The average molecular weight is 226 g/mol. The molecule has 1 saturated heterocycles. The van der Waals surface area contributed by atoms with Crippen LogP contribution in [-0.2, 0) is 14.8 Å². The van der Waals surface area contributed by atoms with Crippen LogP contribution in [0.25, 0.3) is 0 Å². The summed E-state index contributed by atoms with van der Waals surface area (Å²) in [5.74, 6) is 0.0253. The fourth-order valence-corrected chi connectivity index (χ4v) is 2.87. The summed E-state index contributed by atoms with van der Waals surface area (Å²) in [6.07, 6.45) is 0.503. The first-order chi connectivity index (χ1) is 5.85. The van der Waals surface area contributed by atoms with Gasteiger partial charge in [-0.1, -0.05) is 0 Å². The lowest BCUT2D eigenvalue weighted by molar-refractivity contribution is -0.132. The molecular weight excluding hydrogens is 214 g/mol. The minimum Gasteiger partial charge on any atom is -0.272 e. The number of halogens is 1. The highest BCUT2D eigenvalue weighted by atomic mass is 35.5. The molecule has 13 heavy (non-hydrogen) atoms. The number of amides is 1. The Hall–Kier alpha value is -0.290. The van der Waals surface area contributed by atoms with Gasteiger partial charge in [0.2, 0.25) is 0 Å². The number of hydrogen-bond donors (Lipinski definition) is 0. The van der Waals surface area contributed by atoms with Crippen LogP contribution in [0.4, 0.5) is 0 Å². The molecule has 6 heteroatoms. The topological polar surface area (TPSA) is 54.5 Å². The quantitative estimate of drug-likeness (QED) is 0.660. The van der Waals surface area contributed by atoms with Crippen LogP contribution in [0.5, 0.6) is 0 Å². The molecule has 0 aliphatic carbocycles. The highest BCUT2D eigenvalue weighted by Gasteiger charge is 2.59. The zero-order valence-electron chi connectivity index (χ0n) is 7.58. The maximum atomic E-state index is 11.4. The summed E-state index contributed by atoms with van der Waals surface area (Å²) in [4.78, 5) is 11.3. The van der Waals surface area contributed by atoms with Crippen molar-refractivity contribution in [1.29, 1.82) is 0 Å². The van der Waals surface area contributed by atoms with Gasteiger partial charge in [-0.3, -0.25) is 4.79 Å². The van der Waals surface area contributed by atoms with Crippen molar-refractivity contribution in [1.82, 2.24) is 4.31 Å². The molecule has 0 radical (unpaired) electrons. The Balaban J connectivity index is 2.78. The third-order valence-corrected chi connectivity index (χ3v) is 4.83. The normalized spacial score (nSPS) is 24.2. The van der Waals surface area contributed by atoms with Crippen LogP contribution < -0.4 is 0 Å². The Bertz CT molecular complexity index is 323. The van der Waals surface area contributed by atoms with Crippen LogP contribution in [0.15, 0.2) is 0 Å². The Morgan fingerprint density at radius 2 is 2.00 bits per heavy atom. The van der Waals surface area contributed by atoms with Gasteiger partial charge in [-0.15, -0.1) is 11.6 Å². The molecule has 1 aliphatic heterocycles. The number of rotatable bonds is 3. The SMILES string of the molecule is CC1(C)C(=O)N(CCCCl)S1(=O)=O. The standard InChI is InChI=1S/C7H12ClNO3S/c1-7(2)6(10)9(5-3-4-8)13(7,11)12/h3-5H2,1-2H3. The minimum atomic E-state index is -3.40.